The molecule has 2 heterocycles. The molecule has 1 atom stereocenters. The van der Waals surface area contributed by atoms with Crippen LogP contribution >= 0.6 is 0 Å². The lowest BCUT2D eigenvalue weighted by atomic mass is 10.0. The summed E-state index contributed by atoms with van der Waals surface area (Å²) in [6.07, 6.45) is 2.98. The van der Waals surface area contributed by atoms with Crippen LogP contribution in [0.2, 0.25) is 0 Å². The number of pyridine rings is 1. The van der Waals surface area contributed by atoms with Crippen molar-refractivity contribution >= 4 is 0 Å². The van der Waals surface area contributed by atoms with E-state index in [1.54, 1.807) is 0 Å². The van der Waals surface area contributed by atoms with Crippen molar-refractivity contribution in [3.8, 4) is 0 Å². The maximum atomic E-state index is 5.92. The normalized spacial score (nSPS) is 24.1. The first-order valence-corrected chi connectivity index (χ1v) is 6.59. The highest BCUT2D eigenvalue weighted by molar-refractivity contribution is 5.04. The summed E-state index contributed by atoms with van der Waals surface area (Å²) in [5.74, 6) is 0. The van der Waals surface area contributed by atoms with Crippen LogP contribution in [0.4, 0.5) is 0 Å². The highest BCUT2D eigenvalue weighted by atomic mass is 16.5. The van der Waals surface area contributed by atoms with Crippen LogP contribution in [0.5, 0.6) is 0 Å². The van der Waals surface area contributed by atoms with Gasteiger partial charge in [-0.25, -0.2) is 0 Å². The fourth-order valence-electron chi connectivity index (χ4n) is 2.53. The predicted octanol–water partition coefficient (Wildman–Crippen LogP) is 1.06. The second-order valence-electron chi connectivity index (χ2n) is 5.54. The highest BCUT2D eigenvalue weighted by Gasteiger charge is 2.32. The Bertz CT molecular complexity index is 367. The third-order valence-electron chi connectivity index (χ3n) is 3.23. The number of hydrogen-bond acceptors (Lipinski definition) is 4. The fraction of sp³-hybridized carbons (Fsp3) is 0.643. The van der Waals surface area contributed by atoms with Gasteiger partial charge in [0, 0.05) is 44.5 Å². The molecule has 2 N–H and O–H groups in total. The molecule has 1 aliphatic rings. The van der Waals surface area contributed by atoms with Gasteiger partial charge in [-0.2, -0.15) is 0 Å². The van der Waals surface area contributed by atoms with Gasteiger partial charge in [-0.05, 0) is 26.0 Å². The minimum Gasteiger partial charge on any atom is -0.368 e. The van der Waals surface area contributed by atoms with E-state index in [4.69, 9.17) is 10.5 Å². The molecule has 18 heavy (non-hydrogen) atoms. The van der Waals surface area contributed by atoms with Gasteiger partial charge in [0.05, 0.1) is 11.7 Å². The topological polar surface area (TPSA) is 51.4 Å². The number of hydrogen-bond donors (Lipinski definition) is 1. The van der Waals surface area contributed by atoms with Gasteiger partial charge in [-0.1, -0.05) is 6.07 Å². The van der Waals surface area contributed by atoms with Crippen LogP contribution in [-0.2, 0) is 11.2 Å². The Kier molecular flexibility index (Phi) is 4.32. The van der Waals surface area contributed by atoms with E-state index < -0.39 is 0 Å². The zero-order valence-electron chi connectivity index (χ0n) is 11.3. The van der Waals surface area contributed by atoms with Gasteiger partial charge in [0.2, 0.25) is 0 Å². The Balaban J connectivity index is 1.89. The lowest BCUT2D eigenvalue weighted by molar-refractivity contribution is -0.131. The summed E-state index contributed by atoms with van der Waals surface area (Å²) in [6, 6.07) is 6.06. The molecule has 4 heteroatoms. The quantitative estimate of drug-likeness (QED) is 0.867. The Hall–Kier alpha value is -0.970. The van der Waals surface area contributed by atoms with E-state index in [2.05, 4.69) is 29.8 Å². The number of nitrogens with two attached hydrogens (primary N) is 1. The van der Waals surface area contributed by atoms with Crippen LogP contribution in [0.15, 0.2) is 24.4 Å². The minimum atomic E-state index is -0.105. The molecule has 1 aromatic heterocycles. The van der Waals surface area contributed by atoms with Crippen LogP contribution in [0.1, 0.15) is 19.5 Å². The van der Waals surface area contributed by atoms with Crippen molar-refractivity contribution in [1.29, 1.82) is 0 Å². The molecule has 0 aromatic carbocycles. The van der Waals surface area contributed by atoms with Crippen LogP contribution < -0.4 is 5.73 Å². The van der Waals surface area contributed by atoms with E-state index in [-0.39, 0.29) is 11.7 Å². The van der Waals surface area contributed by atoms with Crippen molar-refractivity contribution in [2.24, 2.45) is 5.73 Å². The fourth-order valence-corrected chi connectivity index (χ4v) is 2.53. The van der Waals surface area contributed by atoms with Crippen LogP contribution in [0.25, 0.3) is 0 Å². The van der Waals surface area contributed by atoms with Crippen molar-refractivity contribution in [2.45, 2.75) is 32.0 Å². The summed E-state index contributed by atoms with van der Waals surface area (Å²) in [7, 11) is 0. The van der Waals surface area contributed by atoms with Crippen molar-refractivity contribution in [3.05, 3.63) is 30.1 Å². The first-order chi connectivity index (χ1) is 8.59. The lowest BCUT2D eigenvalue weighted by Gasteiger charge is -2.42. The van der Waals surface area contributed by atoms with Crippen LogP contribution in [0, 0.1) is 0 Å². The molecule has 0 bridgehead atoms. The minimum absolute atomic E-state index is 0.105. The first kappa shape index (κ1) is 13.5. The van der Waals surface area contributed by atoms with E-state index in [0.717, 1.165) is 31.7 Å². The largest absolute Gasteiger partial charge is 0.368 e. The maximum Gasteiger partial charge on any atom is 0.0831 e. The molecule has 1 aromatic rings. The Morgan fingerprint density at radius 2 is 2.33 bits per heavy atom. The van der Waals surface area contributed by atoms with Gasteiger partial charge >= 0.3 is 0 Å². The standard InChI is InChI=1S/C14H23N3O/c1-14(2)11-17(10-13(9-15)18-14)8-6-12-5-3-4-7-16-12/h3-5,7,13H,6,8-11,15H2,1-2H3. The summed E-state index contributed by atoms with van der Waals surface area (Å²) in [6.45, 7) is 7.73. The number of rotatable bonds is 4. The monoisotopic (exact) mass is 249 g/mol. The molecule has 1 unspecified atom stereocenters. The van der Waals surface area contributed by atoms with Gasteiger partial charge < -0.3 is 10.5 Å². The molecule has 0 aliphatic carbocycles. The van der Waals surface area contributed by atoms with E-state index >= 15 is 0 Å². The molecular formula is C14H23N3O. The van der Waals surface area contributed by atoms with Crippen molar-refractivity contribution in [1.82, 2.24) is 9.88 Å². The lowest BCUT2D eigenvalue weighted by Crippen LogP contribution is -2.55. The van der Waals surface area contributed by atoms with E-state index in [1.165, 1.54) is 0 Å². The average Bonchev–Trinajstić information content (AvgIpc) is 2.36. The van der Waals surface area contributed by atoms with Crippen molar-refractivity contribution in [3.63, 3.8) is 0 Å². The van der Waals surface area contributed by atoms with E-state index in [0.29, 0.717) is 6.54 Å². The summed E-state index contributed by atoms with van der Waals surface area (Å²) >= 11 is 0. The molecule has 0 radical (unpaired) electrons. The summed E-state index contributed by atoms with van der Waals surface area (Å²) < 4.78 is 5.92. The first-order valence-electron chi connectivity index (χ1n) is 6.59. The third kappa shape index (κ3) is 3.77. The Morgan fingerprint density at radius 3 is 3.00 bits per heavy atom. The predicted molar refractivity (Wildman–Crippen MR) is 72.4 cm³/mol. The maximum absolute atomic E-state index is 5.92. The smallest absolute Gasteiger partial charge is 0.0831 e. The summed E-state index contributed by atoms with van der Waals surface area (Å²) in [4.78, 5) is 6.78. The SMILES string of the molecule is CC1(C)CN(CCc2ccccn2)CC(CN)O1. The molecule has 4 nitrogen and oxygen atoms in total. The molecule has 2 rings (SSSR count). The second-order valence-corrected chi connectivity index (χ2v) is 5.54. The molecule has 100 valence electrons. The summed E-state index contributed by atoms with van der Waals surface area (Å²) in [5, 5.41) is 0. The number of ether oxygens (including phenoxy) is 1. The molecule has 0 spiro atoms. The molecule has 1 saturated heterocycles. The molecule has 1 fully saturated rings. The van der Waals surface area contributed by atoms with Crippen molar-refractivity contribution < 1.29 is 4.74 Å². The Labute approximate surface area is 109 Å². The number of aromatic nitrogens is 1. The van der Waals surface area contributed by atoms with E-state index in [1.807, 2.05) is 18.3 Å². The number of morpholine rings is 1. The van der Waals surface area contributed by atoms with Gasteiger partial charge in [0.15, 0.2) is 0 Å². The van der Waals surface area contributed by atoms with Crippen LogP contribution in [0.3, 0.4) is 0 Å². The van der Waals surface area contributed by atoms with Crippen LogP contribution in [-0.4, -0.2) is 47.8 Å². The number of nitrogens with zero attached hydrogens (tertiary/aromatic N) is 2. The molecule has 1 aliphatic heterocycles. The van der Waals surface area contributed by atoms with Gasteiger partial charge in [-0.15, -0.1) is 0 Å². The zero-order valence-corrected chi connectivity index (χ0v) is 11.3. The highest BCUT2D eigenvalue weighted by Crippen LogP contribution is 2.20. The molecular weight excluding hydrogens is 226 g/mol. The second kappa shape index (κ2) is 5.78. The van der Waals surface area contributed by atoms with Gasteiger partial charge in [0.25, 0.3) is 0 Å². The molecule has 0 saturated carbocycles. The molecule has 0 amide bonds. The zero-order chi connectivity index (χ0) is 13.0. The Morgan fingerprint density at radius 1 is 1.50 bits per heavy atom. The van der Waals surface area contributed by atoms with E-state index in [9.17, 15) is 0 Å². The van der Waals surface area contributed by atoms with Gasteiger partial charge in [-0.3, -0.25) is 9.88 Å². The van der Waals surface area contributed by atoms with Gasteiger partial charge in [0.1, 0.15) is 0 Å². The third-order valence-corrected chi connectivity index (χ3v) is 3.23. The average molecular weight is 249 g/mol. The summed E-state index contributed by atoms with van der Waals surface area (Å²) in [5.41, 5.74) is 6.77. The van der Waals surface area contributed by atoms with Crippen molar-refractivity contribution in [2.75, 3.05) is 26.2 Å².